The number of alkyl halides is 3. The van der Waals surface area contributed by atoms with Crippen LogP contribution >= 0.6 is 0 Å². The van der Waals surface area contributed by atoms with E-state index in [-0.39, 0.29) is 0 Å². The van der Waals surface area contributed by atoms with E-state index < -0.39 is 11.7 Å². The fraction of sp³-hybridized carbons (Fsp3) is 0.269. The molecule has 10 heteroatoms. The molecular formula is C26H24F3N7. The summed E-state index contributed by atoms with van der Waals surface area (Å²) in [4.78, 5) is 20.8. The van der Waals surface area contributed by atoms with Crippen LogP contribution in [-0.4, -0.2) is 33.0 Å². The van der Waals surface area contributed by atoms with Gasteiger partial charge in [0, 0.05) is 36.1 Å². The highest BCUT2D eigenvalue weighted by atomic mass is 19.4. The molecule has 2 aromatic heterocycles. The highest BCUT2D eigenvalue weighted by molar-refractivity contribution is 5.81. The standard InChI is InChI=1S/C26H24F3N7/c1-14-4-5-16(23-32-20-9-6-18(26(27,28)29)11-21(20)33-23)10-22(14)36-13-17-12-30-25(31-19-7-8-19)34-24(17)35(3)15(36)2/h4-6,9-12,19H,2,7-8,13H2,1,3H3,(H,32,33)(H,30,31,34). The van der Waals surface area contributed by atoms with Gasteiger partial charge in [0.15, 0.2) is 0 Å². The number of imidazole rings is 1. The zero-order valence-corrected chi connectivity index (χ0v) is 19.8. The first kappa shape index (κ1) is 22.4. The number of H-pyrrole nitrogens is 1. The number of nitrogens with one attached hydrogen (secondary N) is 2. The number of aromatic nitrogens is 4. The van der Waals surface area contributed by atoms with Crippen LogP contribution in [0.4, 0.5) is 30.6 Å². The van der Waals surface area contributed by atoms with Crippen LogP contribution in [0, 0.1) is 6.92 Å². The lowest BCUT2D eigenvalue weighted by atomic mass is 10.1. The molecule has 0 spiro atoms. The van der Waals surface area contributed by atoms with Gasteiger partial charge in [0.2, 0.25) is 5.95 Å². The van der Waals surface area contributed by atoms with E-state index in [4.69, 9.17) is 4.98 Å². The molecule has 1 aliphatic carbocycles. The van der Waals surface area contributed by atoms with E-state index in [0.29, 0.717) is 35.4 Å². The number of nitrogens with zero attached hydrogens (tertiary/aromatic N) is 5. The molecule has 1 fully saturated rings. The van der Waals surface area contributed by atoms with Crippen molar-refractivity contribution in [3.8, 4) is 11.4 Å². The first-order chi connectivity index (χ1) is 17.2. The summed E-state index contributed by atoms with van der Waals surface area (Å²) >= 11 is 0. The first-order valence-corrected chi connectivity index (χ1v) is 11.7. The Morgan fingerprint density at radius 3 is 2.67 bits per heavy atom. The maximum atomic E-state index is 13.1. The summed E-state index contributed by atoms with van der Waals surface area (Å²) in [6.07, 6.45) is -0.284. The van der Waals surface area contributed by atoms with Crippen LogP contribution in [0.2, 0.25) is 0 Å². The van der Waals surface area contributed by atoms with Crippen molar-refractivity contribution >= 4 is 28.5 Å². The van der Waals surface area contributed by atoms with Gasteiger partial charge in [0.1, 0.15) is 17.5 Å². The minimum absolute atomic E-state index is 0.339. The highest BCUT2D eigenvalue weighted by Crippen LogP contribution is 2.38. The van der Waals surface area contributed by atoms with Gasteiger partial charge in [-0.1, -0.05) is 18.7 Å². The van der Waals surface area contributed by atoms with Crippen molar-refractivity contribution in [3.05, 3.63) is 71.7 Å². The summed E-state index contributed by atoms with van der Waals surface area (Å²) in [6, 6.07) is 9.84. The largest absolute Gasteiger partial charge is 0.416 e. The van der Waals surface area contributed by atoms with E-state index in [1.807, 2.05) is 43.3 Å². The van der Waals surface area contributed by atoms with Crippen LogP contribution in [-0.2, 0) is 12.7 Å². The highest BCUT2D eigenvalue weighted by Gasteiger charge is 2.31. The molecule has 0 atom stereocenters. The van der Waals surface area contributed by atoms with Crippen molar-refractivity contribution < 1.29 is 13.2 Å². The normalized spacial score (nSPS) is 16.0. The minimum atomic E-state index is -4.41. The molecule has 3 heterocycles. The third-order valence-electron chi connectivity index (χ3n) is 6.68. The third-order valence-corrected chi connectivity index (χ3v) is 6.68. The van der Waals surface area contributed by atoms with Crippen LogP contribution < -0.4 is 15.1 Å². The van der Waals surface area contributed by atoms with Crippen molar-refractivity contribution in [2.45, 2.75) is 38.5 Å². The molecule has 0 radical (unpaired) electrons. The third kappa shape index (κ3) is 3.92. The van der Waals surface area contributed by atoms with Crippen LogP contribution in [0.1, 0.15) is 29.5 Å². The van der Waals surface area contributed by atoms with E-state index >= 15 is 0 Å². The van der Waals surface area contributed by atoms with Crippen molar-refractivity contribution in [3.63, 3.8) is 0 Å². The number of benzene rings is 2. The van der Waals surface area contributed by atoms with Crippen LogP contribution in [0.25, 0.3) is 22.4 Å². The number of aromatic amines is 1. The molecular weight excluding hydrogens is 467 g/mol. The van der Waals surface area contributed by atoms with Crippen molar-refractivity contribution in [1.29, 1.82) is 0 Å². The second-order valence-electron chi connectivity index (χ2n) is 9.34. The Labute approximate surface area is 205 Å². The zero-order chi connectivity index (χ0) is 25.2. The smallest absolute Gasteiger partial charge is 0.351 e. The maximum absolute atomic E-state index is 13.1. The number of hydrogen-bond donors (Lipinski definition) is 2. The first-order valence-electron chi connectivity index (χ1n) is 11.7. The number of hydrogen-bond acceptors (Lipinski definition) is 6. The lowest BCUT2D eigenvalue weighted by Gasteiger charge is -2.39. The Hall–Kier alpha value is -4.08. The molecule has 0 unspecified atom stereocenters. The van der Waals surface area contributed by atoms with E-state index in [9.17, 15) is 13.2 Å². The molecule has 1 saturated carbocycles. The lowest BCUT2D eigenvalue weighted by molar-refractivity contribution is -0.137. The number of aryl methyl sites for hydroxylation is 1. The molecule has 6 rings (SSSR count). The van der Waals surface area contributed by atoms with Crippen LogP contribution in [0.15, 0.2) is 55.0 Å². The van der Waals surface area contributed by atoms with Crippen molar-refractivity contribution in [2.24, 2.45) is 0 Å². The molecule has 1 aliphatic heterocycles. The Bertz CT molecular complexity index is 1500. The Morgan fingerprint density at radius 2 is 1.92 bits per heavy atom. The molecule has 184 valence electrons. The predicted molar refractivity (Wildman–Crippen MR) is 134 cm³/mol. The number of rotatable bonds is 4. The van der Waals surface area contributed by atoms with Gasteiger partial charge in [-0.25, -0.2) is 9.97 Å². The average molecular weight is 492 g/mol. The van der Waals surface area contributed by atoms with Gasteiger partial charge in [-0.15, -0.1) is 0 Å². The maximum Gasteiger partial charge on any atom is 0.416 e. The van der Waals surface area contributed by atoms with Crippen molar-refractivity contribution in [2.75, 3.05) is 22.2 Å². The molecule has 0 bridgehead atoms. The molecule has 36 heavy (non-hydrogen) atoms. The topological polar surface area (TPSA) is 73.0 Å². The number of fused-ring (bicyclic) bond motifs is 2. The molecule has 0 saturated heterocycles. The van der Waals surface area contributed by atoms with Gasteiger partial charge < -0.3 is 20.1 Å². The monoisotopic (exact) mass is 491 g/mol. The summed E-state index contributed by atoms with van der Waals surface area (Å²) in [5.41, 5.74) is 3.79. The number of anilines is 3. The summed E-state index contributed by atoms with van der Waals surface area (Å²) in [5.74, 6) is 2.71. The summed E-state index contributed by atoms with van der Waals surface area (Å²) in [5, 5.41) is 3.34. The second kappa shape index (κ2) is 7.97. The van der Waals surface area contributed by atoms with E-state index in [0.717, 1.165) is 59.0 Å². The van der Waals surface area contributed by atoms with E-state index in [1.54, 1.807) is 0 Å². The van der Waals surface area contributed by atoms with Gasteiger partial charge in [-0.05, 0) is 49.6 Å². The fourth-order valence-corrected chi connectivity index (χ4v) is 4.44. The molecule has 2 N–H and O–H groups in total. The molecule has 4 aromatic rings. The average Bonchev–Trinajstić information content (AvgIpc) is 3.55. The van der Waals surface area contributed by atoms with Gasteiger partial charge >= 0.3 is 6.18 Å². The molecule has 2 aliphatic rings. The number of halogens is 3. The Balaban J connectivity index is 1.34. The molecule has 7 nitrogen and oxygen atoms in total. The molecule has 0 amide bonds. The predicted octanol–water partition coefficient (Wildman–Crippen LogP) is 5.85. The van der Waals surface area contributed by atoms with Crippen LogP contribution in [0.5, 0.6) is 0 Å². The zero-order valence-electron chi connectivity index (χ0n) is 19.8. The SMILES string of the molecule is C=C1N(C)c2nc(NC3CC3)ncc2CN1c1cc(-c2nc3ccc(C(F)(F)F)cc3[nH]2)ccc1C. The summed E-state index contributed by atoms with van der Waals surface area (Å²) in [7, 11) is 1.93. The van der Waals surface area contributed by atoms with Gasteiger partial charge in [0.05, 0.1) is 23.1 Å². The minimum Gasteiger partial charge on any atom is -0.351 e. The Morgan fingerprint density at radius 1 is 1.11 bits per heavy atom. The van der Waals surface area contributed by atoms with Crippen LogP contribution in [0.3, 0.4) is 0 Å². The van der Waals surface area contributed by atoms with Gasteiger partial charge in [-0.2, -0.15) is 18.2 Å². The van der Waals surface area contributed by atoms with Gasteiger partial charge in [0.25, 0.3) is 0 Å². The van der Waals surface area contributed by atoms with E-state index in [2.05, 4.69) is 31.7 Å². The Kier molecular flexibility index (Phi) is 4.96. The van der Waals surface area contributed by atoms with Crippen molar-refractivity contribution in [1.82, 2.24) is 19.9 Å². The summed E-state index contributed by atoms with van der Waals surface area (Å²) < 4.78 is 39.4. The molecule has 2 aromatic carbocycles. The summed E-state index contributed by atoms with van der Waals surface area (Å²) in [6.45, 7) is 6.86. The fourth-order valence-electron chi connectivity index (χ4n) is 4.44. The lowest BCUT2D eigenvalue weighted by Crippen LogP contribution is -2.38. The quantitative estimate of drug-likeness (QED) is 0.373. The second-order valence-corrected chi connectivity index (χ2v) is 9.34. The van der Waals surface area contributed by atoms with E-state index in [1.165, 1.54) is 6.07 Å². The van der Waals surface area contributed by atoms with Gasteiger partial charge in [-0.3, -0.25) is 0 Å².